The van der Waals surface area contributed by atoms with Gasteiger partial charge in [-0.2, -0.15) is 0 Å². The van der Waals surface area contributed by atoms with Crippen LogP contribution in [-0.2, 0) is 19.1 Å². The Hall–Kier alpha value is -1.96. The first-order chi connectivity index (χ1) is 15.7. The third-order valence-electron chi connectivity index (χ3n) is 7.08. The predicted octanol–water partition coefficient (Wildman–Crippen LogP) is 2.64. The molecular formula is C25H36N2O5. The number of carbonyl (C=O) groups is 2. The standard InChI is InChI=1S/C25H36N2O5/c1-17-4-2-5-22(31-15-13-28)24(17)18-7-9-19(10-8-18)32-16-21-20(11-12-26-21)27-25(29)23-6-3-14-30-23/h2,4-5,13,18-21,23,26H,3,6-12,14-16H2,1H3,(H,27,29)/t18?,19?,20-,21-,23+/m0/s1. The third-order valence-corrected chi connectivity index (χ3v) is 7.08. The zero-order valence-corrected chi connectivity index (χ0v) is 19.0. The Morgan fingerprint density at radius 3 is 2.81 bits per heavy atom. The van der Waals surface area contributed by atoms with Crippen LogP contribution in [0.15, 0.2) is 18.2 Å². The first-order valence-corrected chi connectivity index (χ1v) is 12.1. The van der Waals surface area contributed by atoms with Crippen LogP contribution in [0.5, 0.6) is 5.75 Å². The molecule has 1 aromatic rings. The molecule has 0 unspecified atom stereocenters. The third kappa shape index (κ3) is 5.69. The second-order valence-corrected chi connectivity index (χ2v) is 9.24. The van der Waals surface area contributed by atoms with E-state index in [1.807, 2.05) is 12.1 Å². The maximum atomic E-state index is 12.4. The molecule has 1 amide bonds. The van der Waals surface area contributed by atoms with Gasteiger partial charge in [0.05, 0.1) is 18.8 Å². The van der Waals surface area contributed by atoms with Crippen molar-refractivity contribution in [2.24, 2.45) is 0 Å². The van der Waals surface area contributed by atoms with Gasteiger partial charge in [-0.25, -0.2) is 0 Å². The molecule has 0 spiro atoms. The van der Waals surface area contributed by atoms with Crippen molar-refractivity contribution in [2.45, 2.75) is 82.1 Å². The predicted molar refractivity (Wildman–Crippen MR) is 121 cm³/mol. The molecule has 3 aliphatic rings. The Labute approximate surface area is 190 Å². The summed E-state index contributed by atoms with van der Waals surface area (Å²) in [5.41, 5.74) is 2.46. The molecule has 7 nitrogen and oxygen atoms in total. The lowest BCUT2D eigenvalue weighted by molar-refractivity contribution is -0.131. The number of carbonyl (C=O) groups excluding carboxylic acids is 2. The number of ether oxygens (including phenoxy) is 3. The number of benzene rings is 1. The van der Waals surface area contributed by atoms with Crippen LogP contribution in [-0.4, -0.2) is 62.9 Å². The first kappa shape index (κ1) is 23.2. The highest BCUT2D eigenvalue weighted by Crippen LogP contribution is 2.40. The largest absolute Gasteiger partial charge is 0.486 e. The Balaban J connectivity index is 1.25. The number of hydrogen-bond donors (Lipinski definition) is 2. The summed E-state index contributed by atoms with van der Waals surface area (Å²) in [5, 5.41) is 6.66. The zero-order valence-electron chi connectivity index (χ0n) is 19.0. The number of nitrogens with one attached hydrogen (secondary N) is 2. The molecule has 0 radical (unpaired) electrons. The first-order valence-electron chi connectivity index (χ1n) is 12.1. The second-order valence-electron chi connectivity index (χ2n) is 9.24. The average Bonchev–Trinajstić information content (AvgIpc) is 3.49. The van der Waals surface area contributed by atoms with Gasteiger partial charge in [0.15, 0.2) is 6.29 Å². The Kier molecular flexibility index (Phi) is 8.16. The molecule has 176 valence electrons. The van der Waals surface area contributed by atoms with Gasteiger partial charge >= 0.3 is 0 Å². The quantitative estimate of drug-likeness (QED) is 0.570. The van der Waals surface area contributed by atoms with Crippen molar-refractivity contribution in [1.82, 2.24) is 10.6 Å². The normalized spacial score (nSPS) is 30.2. The molecule has 2 heterocycles. The summed E-state index contributed by atoms with van der Waals surface area (Å²) in [6.07, 6.45) is 7.57. The van der Waals surface area contributed by atoms with Crippen LogP contribution < -0.4 is 15.4 Å². The molecule has 3 fully saturated rings. The van der Waals surface area contributed by atoms with Crippen molar-refractivity contribution in [1.29, 1.82) is 0 Å². The summed E-state index contributed by atoms with van der Waals surface area (Å²) in [4.78, 5) is 23.2. The molecule has 1 saturated carbocycles. The van der Waals surface area contributed by atoms with Gasteiger partial charge in [0.25, 0.3) is 0 Å². The van der Waals surface area contributed by atoms with Gasteiger partial charge in [0, 0.05) is 18.2 Å². The van der Waals surface area contributed by atoms with Gasteiger partial charge in [-0.1, -0.05) is 12.1 Å². The summed E-state index contributed by atoms with van der Waals surface area (Å²) in [7, 11) is 0. The van der Waals surface area contributed by atoms with E-state index in [4.69, 9.17) is 14.2 Å². The van der Waals surface area contributed by atoms with Gasteiger partial charge in [0.1, 0.15) is 18.5 Å². The molecule has 1 aliphatic carbocycles. The second kappa shape index (κ2) is 11.3. The molecule has 2 N–H and O–H groups in total. The minimum Gasteiger partial charge on any atom is -0.486 e. The number of amides is 1. The van der Waals surface area contributed by atoms with Gasteiger partial charge in [-0.3, -0.25) is 9.59 Å². The van der Waals surface area contributed by atoms with Crippen LogP contribution in [0.4, 0.5) is 0 Å². The van der Waals surface area contributed by atoms with E-state index < -0.39 is 0 Å². The van der Waals surface area contributed by atoms with E-state index in [2.05, 4.69) is 23.6 Å². The maximum Gasteiger partial charge on any atom is 0.249 e. The highest BCUT2D eigenvalue weighted by molar-refractivity contribution is 5.81. The summed E-state index contributed by atoms with van der Waals surface area (Å²) < 4.78 is 17.5. The lowest BCUT2D eigenvalue weighted by atomic mass is 9.80. The van der Waals surface area contributed by atoms with Crippen molar-refractivity contribution in [3.05, 3.63) is 29.3 Å². The lowest BCUT2D eigenvalue weighted by Crippen LogP contribution is -2.49. The molecule has 3 atom stereocenters. The smallest absolute Gasteiger partial charge is 0.249 e. The minimum atomic E-state index is -0.283. The van der Waals surface area contributed by atoms with Crippen LogP contribution in [0.1, 0.15) is 62.0 Å². The average molecular weight is 445 g/mol. The van der Waals surface area contributed by atoms with Crippen LogP contribution in [0, 0.1) is 6.92 Å². The van der Waals surface area contributed by atoms with Crippen molar-refractivity contribution < 1.29 is 23.8 Å². The molecule has 7 heteroatoms. The molecule has 4 rings (SSSR count). The molecule has 1 aromatic carbocycles. The Morgan fingerprint density at radius 2 is 2.06 bits per heavy atom. The molecule has 2 aliphatic heterocycles. The maximum absolute atomic E-state index is 12.4. The van der Waals surface area contributed by atoms with Crippen molar-refractivity contribution >= 4 is 12.2 Å². The fourth-order valence-electron chi connectivity index (χ4n) is 5.36. The van der Waals surface area contributed by atoms with Crippen molar-refractivity contribution in [3.8, 4) is 5.75 Å². The van der Waals surface area contributed by atoms with Crippen molar-refractivity contribution in [2.75, 3.05) is 26.4 Å². The SMILES string of the molecule is Cc1cccc(OCC=O)c1C1CCC(OC[C@@H]2NCC[C@@H]2NC(=O)[C@H]2CCCO2)CC1. The summed E-state index contributed by atoms with van der Waals surface area (Å²) in [6, 6.07) is 6.31. The van der Waals surface area contributed by atoms with E-state index in [1.54, 1.807) is 0 Å². The molecule has 0 bridgehead atoms. The Morgan fingerprint density at radius 1 is 1.22 bits per heavy atom. The van der Waals surface area contributed by atoms with Crippen molar-refractivity contribution in [3.63, 3.8) is 0 Å². The number of hydrogen-bond acceptors (Lipinski definition) is 6. The Bertz CT molecular complexity index is 772. The van der Waals surface area contributed by atoms with E-state index in [-0.39, 0.29) is 36.8 Å². The van der Waals surface area contributed by atoms with Crippen LogP contribution >= 0.6 is 0 Å². The van der Waals surface area contributed by atoms with Crippen LogP contribution in [0.2, 0.25) is 0 Å². The van der Waals surface area contributed by atoms with E-state index in [0.29, 0.717) is 19.1 Å². The molecule has 2 saturated heterocycles. The van der Waals surface area contributed by atoms with Gasteiger partial charge in [0.2, 0.25) is 5.91 Å². The van der Waals surface area contributed by atoms with E-state index in [0.717, 1.165) is 63.5 Å². The van der Waals surface area contributed by atoms with E-state index in [9.17, 15) is 9.59 Å². The number of aldehydes is 1. The monoisotopic (exact) mass is 444 g/mol. The minimum absolute atomic E-state index is 0.0209. The molecular weight excluding hydrogens is 408 g/mol. The molecule has 32 heavy (non-hydrogen) atoms. The van der Waals surface area contributed by atoms with Gasteiger partial charge in [-0.05, 0) is 76.0 Å². The van der Waals surface area contributed by atoms with Crippen LogP contribution in [0.25, 0.3) is 0 Å². The van der Waals surface area contributed by atoms with E-state index >= 15 is 0 Å². The molecule has 0 aromatic heterocycles. The summed E-state index contributed by atoms with van der Waals surface area (Å²) in [6.45, 7) is 4.40. The fourth-order valence-corrected chi connectivity index (χ4v) is 5.36. The topological polar surface area (TPSA) is 85.9 Å². The number of rotatable bonds is 9. The number of aryl methyl sites for hydroxylation is 1. The summed E-state index contributed by atoms with van der Waals surface area (Å²) >= 11 is 0. The zero-order chi connectivity index (χ0) is 22.3. The van der Waals surface area contributed by atoms with Gasteiger partial charge in [-0.15, -0.1) is 0 Å². The van der Waals surface area contributed by atoms with Crippen LogP contribution in [0.3, 0.4) is 0 Å². The van der Waals surface area contributed by atoms with Gasteiger partial charge < -0.3 is 24.8 Å². The summed E-state index contributed by atoms with van der Waals surface area (Å²) in [5.74, 6) is 1.29. The fraction of sp³-hybridized carbons (Fsp3) is 0.680. The lowest BCUT2D eigenvalue weighted by Gasteiger charge is -2.32. The van der Waals surface area contributed by atoms with E-state index in [1.165, 1.54) is 11.1 Å². The highest BCUT2D eigenvalue weighted by Gasteiger charge is 2.33. The highest BCUT2D eigenvalue weighted by atomic mass is 16.5.